The molecule has 1 amide bonds. The number of anilines is 1. The van der Waals surface area contributed by atoms with Crippen LogP contribution in [0.1, 0.15) is 25.0 Å². The van der Waals surface area contributed by atoms with Crippen molar-refractivity contribution >= 4 is 35.0 Å². The number of amides is 1. The monoisotopic (exact) mass is 458 g/mol. The first-order valence-electron chi connectivity index (χ1n) is 10.00. The maximum absolute atomic E-state index is 12.7. The van der Waals surface area contributed by atoms with Crippen LogP contribution in [0.15, 0.2) is 41.8 Å². The number of halogens is 1. The highest BCUT2D eigenvalue weighted by Crippen LogP contribution is 2.38. The van der Waals surface area contributed by atoms with Gasteiger partial charge in [-0.2, -0.15) is 0 Å². The van der Waals surface area contributed by atoms with E-state index in [-0.39, 0.29) is 17.8 Å². The first-order chi connectivity index (χ1) is 14.9. The molecule has 7 nitrogen and oxygen atoms in total. The molecule has 1 aromatic heterocycles. The number of hydrogen-bond donors (Lipinski definition) is 1. The number of aromatic nitrogens is 3. The Bertz CT molecular complexity index is 1120. The molecule has 2 aromatic carbocycles. The van der Waals surface area contributed by atoms with Gasteiger partial charge in [0.2, 0.25) is 5.91 Å². The second-order valence-electron chi connectivity index (χ2n) is 7.28. The third-order valence-electron chi connectivity index (χ3n) is 4.85. The molecule has 0 spiro atoms. The summed E-state index contributed by atoms with van der Waals surface area (Å²) in [6, 6.07) is 9.51. The van der Waals surface area contributed by atoms with Crippen LogP contribution in [-0.4, -0.2) is 39.1 Å². The average Bonchev–Trinajstić information content (AvgIpc) is 3.34. The minimum absolute atomic E-state index is 0.118. The highest BCUT2D eigenvalue weighted by molar-refractivity contribution is 7.99. The van der Waals surface area contributed by atoms with E-state index in [9.17, 15) is 4.79 Å². The molecule has 0 aliphatic carbocycles. The summed E-state index contributed by atoms with van der Waals surface area (Å²) >= 11 is 7.54. The van der Waals surface area contributed by atoms with Gasteiger partial charge in [0.15, 0.2) is 5.16 Å². The van der Waals surface area contributed by atoms with Crippen molar-refractivity contribution in [1.29, 1.82) is 0 Å². The predicted octanol–water partition coefficient (Wildman–Crippen LogP) is 4.68. The van der Waals surface area contributed by atoms with Gasteiger partial charge >= 0.3 is 0 Å². The standard InChI is InChI=1S/C22H23ClN4O3S/c1-4-29-20-8-15-7-14(3)30-19(15)10-18(20)25-21(28)11-31-22-26-24-12-27(22)16-6-5-13(2)17(23)9-16/h5-6,8-10,12,14H,4,7,11H2,1-3H3,(H,25,28). The molecule has 0 saturated heterocycles. The Morgan fingerprint density at radius 1 is 1.39 bits per heavy atom. The van der Waals surface area contributed by atoms with Gasteiger partial charge in [0.05, 0.1) is 23.7 Å². The predicted molar refractivity (Wildman–Crippen MR) is 122 cm³/mol. The van der Waals surface area contributed by atoms with Gasteiger partial charge in [-0.1, -0.05) is 29.4 Å². The Hall–Kier alpha value is -2.71. The molecule has 9 heteroatoms. The molecule has 1 N–H and O–H groups in total. The lowest BCUT2D eigenvalue weighted by atomic mass is 10.1. The lowest BCUT2D eigenvalue weighted by Crippen LogP contribution is -2.15. The normalized spacial score (nSPS) is 14.8. The molecule has 0 saturated carbocycles. The van der Waals surface area contributed by atoms with Crippen LogP contribution in [0.2, 0.25) is 5.02 Å². The molecule has 0 fully saturated rings. The number of fused-ring (bicyclic) bond motifs is 1. The Labute approximate surface area is 190 Å². The molecule has 162 valence electrons. The first kappa shape index (κ1) is 21.5. The Balaban J connectivity index is 1.46. The van der Waals surface area contributed by atoms with E-state index in [1.807, 2.05) is 51.1 Å². The van der Waals surface area contributed by atoms with E-state index in [1.165, 1.54) is 11.8 Å². The van der Waals surface area contributed by atoms with Gasteiger partial charge in [0.25, 0.3) is 0 Å². The molecule has 4 rings (SSSR count). The van der Waals surface area contributed by atoms with Crippen LogP contribution in [0.5, 0.6) is 11.5 Å². The van der Waals surface area contributed by atoms with Crippen LogP contribution in [0.3, 0.4) is 0 Å². The van der Waals surface area contributed by atoms with Gasteiger partial charge < -0.3 is 14.8 Å². The summed E-state index contributed by atoms with van der Waals surface area (Å²) in [6.07, 6.45) is 2.55. The van der Waals surface area contributed by atoms with Gasteiger partial charge in [-0.05, 0) is 44.5 Å². The van der Waals surface area contributed by atoms with E-state index in [0.717, 1.165) is 29.0 Å². The number of benzene rings is 2. The van der Waals surface area contributed by atoms with Crippen molar-refractivity contribution < 1.29 is 14.3 Å². The summed E-state index contributed by atoms with van der Waals surface area (Å²) < 4.78 is 13.4. The Kier molecular flexibility index (Phi) is 6.38. The number of ether oxygens (including phenoxy) is 2. The number of rotatable bonds is 7. The summed E-state index contributed by atoms with van der Waals surface area (Å²) in [5.74, 6) is 1.43. The minimum atomic E-state index is -0.173. The van der Waals surface area contributed by atoms with Crippen molar-refractivity contribution in [3.63, 3.8) is 0 Å². The SMILES string of the molecule is CCOc1cc2c(cc1NC(=O)CSc1nncn1-c1ccc(C)c(Cl)c1)OC(C)C2. The molecule has 1 aliphatic heterocycles. The van der Waals surface area contributed by atoms with Gasteiger partial charge in [-0.25, -0.2) is 0 Å². The van der Waals surface area contributed by atoms with Crippen molar-refractivity contribution in [2.75, 3.05) is 17.7 Å². The van der Waals surface area contributed by atoms with Gasteiger partial charge in [-0.3, -0.25) is 9.36 Å². The number of nitrogens with zero attached hydrogens (tertiary/aromatic N) is 3. The van der Waals surface area contributed by atoms with Crippen LogP contribution in [0.4, 0.5) is 5.69 Å². The molecule has 1 atom stereocenters. The molecule has 31 heavy (non-hydrogen) atoms. The first-order valence-corrected chi connectivity index (χ1v) is 11.4. The van der Waals surface area contributed by atoms with Crippen LogP contribution in [0.25, 0.3) is 5.69 Å². The summed E-state index contributed by atoms with van der Waals surface area (Å²) in [7, 11) is 0. The molecule has 1 unspecified atom stereocenters. The Morgan fingerprint density at radius 3 is 3.00 bits per heavy atom. The zero-order valence-electron chi connectivity index (χ0n) is 17.5. The van der Waals surface area contributed by atoms with Gasteiger partial charge in [-0.15, -0.1) is 10.2 Å². The van der Waals surface area contributed by atoms with E-state index < -0.39 is 0 Å². The Morgan fingerprint density at radius 2 is 2.23 bits per heavy atom. The summed E-state index contributed by atoms with van der Waals surface area (Å²) in [5.41, 5.74) is 3.53. The zero-order chi connectivity index (χ0) is 22.0. The number of aryl methyl sites for hydroxylation is 1. The number of thioether (sulfide) groups is 1. The summed E-state index contributed by atoms with van der Waals surface area (Å²) in [5, 5.41) is 12.3. The lowest BCUT2D eigenvalue weighted by molar-refractivity contribution is -0.113. The third-order valence-corrected chi connectivity index (χ3v) is 6.20. The number of carbonyl (C=O) groups is 1. The smallest absolute Gasteiger partial charge is 0.234 e. The number of nitrogens with one attached hydrogen (secondary N) is 1. The van der Waals surface area contributed by atoms with Gasteiger partial charge in [0, 0.05) is 23.1 Å². The molecule has 2 heterocycles. The zero-order valence-corrected chi connectivity index (χ0v) is 19.1. The van der Waals surface area contributed by atoms with Crippen molar-refractivity contribution in [2.45, 2.75) is 38.5 Å². The molecule has 0 bridgehead atoms. The van der Waals surface area contributed by atoms with E-state index in [1.54, 1.807) is 10.9 Å². The summed E-state index contributed by atoms with van der Waals surface area (Å²) in [6.45, 7) is 6.39. The van der Waals surface area contributed by atoms with Crippen molar-refractivity contribution in [2.24, 2.45) is 0 Å². The van der Waals surface area contributed by atoms with E-state index in [2.05, 4.69) is 15.5 Å². The van der Waals surface area contributed by atoms with Crippen molar-refractivity contribution in [3.8, 4) is 17.2 Å². The number of hydrogen-bond acceptors (Lipinski definition) is 6. The van der Waals surface area contributed by atoms with Crippen molar-refractivity contribution in [3.05, 3.63) is 52.8 Å². The fraction of sp³-hybridized carbons (Fsp3) is 0.318. The molecular weight excluding hydrogens is 436 g/mol. The fourth-order valence-corrected chi connectivity index (χ4v) is 4.26. The highest BCUT2D eigenvalue weighted by Gasteiger charge is 2.23. The van der Waals surface area contributed by atoms with Crippen molar-refractivity contribution in [1.82, 2.24) is 14.8 Å². The van der Waals surface area contributed by atoms with Gasteiger partial charge in [0.1, 0.15) is 23.9 Å². The highest BCUT2D eigenvalue weighted by atomic mass is 35.5. The third kappa shape index (κ3) is 4.80. The molecular formula is C22H23ClN4O3S. The maximum atomic E-state index is 12.7. The van der Waals surface area contributed by atoms with Crippen LogP contribution < -0.4 is 14.8 Å². The second-order valence-corrected chi connectivity index (χ2v) is 8.63. The second kappa shape index (κ2) is 9.20. The summed E-state index contributed by atoms with van der Waals surface area (Å²) in [4.78, 5) is 12.7. The molecule has 3 aromatic rings. The minimum Gasteiger partial charge on any atom is -0.492 e. The average molecular weight is 459 g/mol. The van der Waals surface area contributed by atoms with Crippen LogP contribution in [0, 0.1) is 6.92 Å². The van der Waals surface area contributed by atoms with E-state index >= 15 is 0 Å². The van der Waals surface area contributed by atoms with E-state index in [0.29, 0.717) is 28.2 Å². The molecule has 0 radical (unpaired) electrons. The largest absolute Gasteiger partial charge is 0.492 e. The number of carbonyl (C=O) groups excluding carboxylic acids is 1. The maximum Gasteiger partial charge on any atom is 0.234 e. The lowest BCUT2D eigenvalue weighted by Gasteiger charge is -2.13. The van der Waals surface area contributed by atoms with Crippen LogP contribution in [-0.2, 0) is 11.2 Å². The molecule has 1 aliphatic rings. The fourth-order valence-electron chi connectivity index (χ4n) is 3.36. The topological polar surface area (TPSA) is 78.3 Å². The van der Waals surface area contributed by atoms with E-state index in [4.69, 9.17) is 21.1 Å². The quantitative estimate of drug-likeness (QED) is 0.518. The van der Waals surface area contributed by atoms with Crippen LogP contribution >= 0.6 is 23.4 Å².